The van der Waals surface area contributed by atoms with Gasteiger partial charge in [0.2, 0.25) is 10.0 Å². The first-order valence-corrected chi connectivity index (χ1v) is 7.68. The van der Waals surface area contributed by atoms with Gasteiger partial charge < -0.3 is 10.1 Å². The molecule has 3 N–H and O–H groups in total. The Labute approximate surface area is 104 Å². The van der Waals surface area contributed by atoms with Gasteiger partial charge in [0, 0.05) is 32.8 Å². The third-order valence-corrected chi connectivity index (χ3v) is 3.70. The second-order valence-electron chi connectivity index (χ2n) is 4.45. The van der Waals surface area contributed by atoms with E-state index >= 15 is 0 Å². The standard InChI is InChI=1S/C10H23N3O3S/c1-16-7-5-13(6-8-17(11,14)15)9-10-3-2-4-12-10/h10,12H,2-9H2,1H3,(H2,11,14,15). The molecule has 1 atom stereocenters. The maximum Gasteiger partial charge on any atom is 0.210 e. The zero-order chi connectivity index (χ0) is 12.7. The normalized spacial score (nSPS) is 21.2. The number of rotatable bonds is 8. The van der Waals surface area contributed by atoms with Gasteiger partial charge in [-0.2, -0.15) is 0 Å². The lowest BCUT2D eigenvalue weighted by molar-refractivity contribution is 0.146. The van der Waals surface area contributed by atoms with Crippen molar-refractivity contribution in [2.24, 2.45) is 5.14 Å². The lowest BCUT2D eigenvalue weighted by atomic mass is 10.2. The Hall–Kier alpha value is -0.210. The van der Waals surface area contributed by atoms with Crippen LogP contribution in [0.4, 0.5) is 0 Å². The van der Waals surface area contributed by atoms with E-state index in [4.69, 9.17) is 9.88 Å². The van der Waals surface area contributed by atoms with Crippen molar-refractivity contribution in [3.63, 3.8) is 0 Å². The summed E-state index contributed by atoms with van der Waals surface area (Å²) in [5.41, 5.74) is 0. The minimum absolute atomic E-state index is 0.00341. The first-order chi connectivity index (χ1) is 8.01. The average molecular weight is 265 g/mol. The molecule has 1 rings (SSSR count). The number of nitrogens with one attached hydrogen (secondary N) is 1. The van der Waals surface area contributed by atoms with Gasteiger partial charge >= 0.3 is 0 Å². The fraction of sp³-hybridized carbons (Fsp3) is 1.00. The summed E-state index contributed by atoms with van der Waals surface area (Å²) in [4.78, 5) is 2.09. The van der Waals surface area contributed by atoms with Crippen molar-refractivity contribution in [2.45, 2.75) is 18.9 Å². The Morgan fingerprint density at radius 1 is 1.47 bits per heavy atom. The molecule has 0 aromatic rings. The number of methoxy groups -OCH3 is 1. The summed E-state index contributed by atoms with van der Waals surface area (Å²) in [7, 11) is -1.74. The lowest BCUT2D eigenvalue weighted by Gasteiger charge is -2.24. The number of ether oxygens (including phenoxy) is 1. The summed E-state index contributed by atoms with van der Waals surface area (Å²) in [6.45, 7) is 3.73. The van der Waals surface area contributed by atoms with Crippen molar-refractivity contribution >= 4 is 10.0 Å². The fourth-order valence-corrected chi connectivity index (χ4v) is 2.51. The zero-order valence-corrected chi connectivity index (χ0v) is 11.2. The molecule has 0 radical (unpaired) electrons. The van der Waals surface area contributed by atoms with Crippen LogP contribution in [0.2, 0.25) is 0 Å². The molecule has 7 heteroatoms. The molecule has 17 heavy (non-hydrogen) atoms. The van der Waals surface area contributed by atoms with Gasteiger partial charge in [-0.05, 0) is 19.4 Å². The van der Waals surface area contributed by atoms with Crippen LogP contribution in [0.15, 0.2) is 0 Å². The predicted molar refractivity (Wildman–Crippen MR) is 67.3 cm³/mol. The van der Waals surface area contributed by atoms with Crippen LogP contribution in [-0.4, -0.2) is 65.0 Å². The maximum absolute atomic E-state index is 11.0. The van der Waals surface area contributed by atoms with Crippen molar-refractivity contribution in [1.29, 1.82) is 0 Å². The van der Waals surface area contributed by atoms with Crippen LogP contribution >= 0.6 is 0 Å². The minimum atomic E-state index is -3.38. The summed E-state index contributed by atoms with van der Waals surface area (Å²) in [6.07, 6.45) is 2.34. The minimum Gasteiger partial charge on any atom is -0.383 e. The van der Waals surface area contributed by atoms with E-state index < -0.39 is 10.0 Å². The number of hydrogen-bond donors (Lipinski definition) is 2. The van der Waals surface area contributed by atoms with E-state index in [2.05, 4.69) is 10.2 Å². The van der Waals surface area contributed by atoms with E-state index in [1.54, 1.807) is 7.11 Å². The van der Waals surface area contributed by atoms with Gasteiger partial charge in [-0.15, -0.1) is 0 Å². The molecule has 1 heterocycles. The number of nitrogens with two attached hydrogens (primary N) is 1. The highest BCUT2D eigenvalue weighted by atomic mass is 32.2. The molecule has 0 amide bonds. The third-order valence-electron chi connectivity index (χ3n) is 2.94. The summed E-state index contributed by atoms with van der Waals surface area (Å²) < 4.78 is 26.9. The Balaban J connectivity index is 2.35. The Bertz CT molecular complexity index is 302. The zero-order valence-electron chi connectivity index (χ0n) is 10.4. The van der Waals surface area contributed by atoms with Gasteiger partial charge in [-0.1, -0.05) is 0 Å². The van der Waals surface area contributed by atoms with Gasteiger partial charge in [0.15, 0.2) is 0 Å². The molecule has 1 aliphatic heterocycles. The Kier molecular flexibility index (Phi) is 6.35. The van der Waals surface area contributed by atoms with Gasteiger partial charge in [-0.3, -0.25) is 4.90 Å². The first kappa shape index (κ1) is 14.8. The van der Waals surface area contributed by atoms with Crippen LogP contribution in [0.3, 0.4) is 0 Å². The molecule has 1 aliphatic rings. The van der Waals surface area contributed by atoms with E-state index in [9.17, 15) is 8.42 Å². The SMILES string of the molecule is COCCN(CCS(N)(=O)=O)CC1CCCN1. The summed E-state index contributed by atoms with van der Waals surface area (Å²) >= 11 is 0. The Morgan fingerprint density at radius 3 is 2.76 bits per heavy atom. The number of primary sulfonamides is 1. The monoisotopic (exact) mass is 265 g/mol. The average Bonchev–Trinajstić information content (AvgIpc) is 2.73. The van der Waals surface area contributed by atoms with Crippen molar-refractivity contribution in [3.05, 3.63) is 0 Å². The lowest BCUT2D eigenvalue weighted by Crippen LogP contribution is -2.41. The van der Waals surface area contributed by atoms with Gasteiger partial charge in [0.05, 0.1) is 12.4 Å². The van der Waals surface area contributed by atoms with E-state index in [0.29, 0.717) is 19.2 Å². The highest BCUT2D eigenvalue weighted by Gasteiger charge is 2.18. The van der Waals surface area contributed by atoms with Crippen molar-refractivity contribution < 1.29 is 13.2 Å². The quantitative estimate of drug-likeness (QED) is 0.586. The van der Waals surface area contributed by atoms with Gasteiger partial charge in [-0.25, -0.2) is 13.6 Å². The molecule has 102 valence electrons. The molecule has 0 spiro atoms. The molecule has 1 fully saturated rings. The molecule has 0 saturated carbocycles. The van der Waals surface area contributed by atoms with E-state index in [1.165, 1.54) is 6.42 Å². The third kappa shape index (κ3) is 6.95. The second-order valence-corrected chi connectivity index (χ2v) is 6.19. The topological polar surface area (TPSA) is 84.7 Å². The van der Waals surface area contributed by atoms with E-state index in [0.717, 1.165) is 26.1 Å². The highest BCUT2D eigenvalue weighted by Crippen LogP contribution is 2.06. The molecular formula is C10H23N3O3S. The van der Waals surface area contributed by atoms with Gasteiger partial charge in [0.1, 0.15) is 0 Å². The summed E-state index contributed by atoms with van der Waals surface area (Å²) in [5, 5.41) is 8.42. The highest BCUT2D eigenvalue weighted by molar-refractivity contribution is 7.89. The first-order valence-electron chi connectivity index (χ1n) is 5.96. The molecule has 0 aliphatic carbocycles. The largest absolute Gasteiger partial charge is 0.383 e. The number of nitrogens with zero attached hydrogens (tertiary/aromatic N) is 1. The predicted octanol–water partition coefficient (Wildman–Crippen LogP) is -1.02. The van der Waals surface area contributed by atoms with Crippen molar-refractivity contribution in [1.82, 2.24) is 10.2 Å². The van der Waals surface area contributed by atoms with Crippen LogP contribution in [0.5, 0.6) is 0 Å². The van der Waals surface area contributed by atoms with Gasteiger partial charge in [0.25, 0.3) is 0 Å². The van der Waals surface area contributed by atoms with E-state index in [1.807, 2.05) is 0 Å². The molecule has 1 saturated heterocycles. The van der Waals surface area contributed by atoms with Crippen molar-refractivity contribution in [2.75, 3.05) is 45.6 Å². The molecule has 0 bridgehead atoms. The van der Waals surface area contributed by atoms with Crippen LogP contribution < -0.4 is 10.5 Å². The molecule has 1 unspecified atom stereocenters. The van der Waals surface area contributed by atoms with Crippen molar-refractivity contribution in [3.8, 4) is 0 Å². The second kappa shape index (κ2) is 7.27. The smallest absolute Gasteiger partial charge is 0.210 e. The molecular weight excluding hydrogens is 242 g/mol. The van der Waals surface area contributed by atoms with Crippen LogP contribution in [0.25, 0.3) is 0 Å². The maximum atomic E-state index is 11.0. The summed E-state index contributed by atoms with van der Waals surface area (Å²) in [5.74, 6) is 0.00341. The van der Waals surface area contributed by atoms with Crippen LogP contribution in [-0.2, 0) is 14.8 Å². The van der Waals surface area contributed by atoms with Crippen LogP contribution in [0, 0.1) is 0 Å². The fourth-order valence-electron chi connectivity index (χ4n) is 2.00. The molecule has 0 aromatic carbocycles. The Morgan fingerprint density at radius 2 is 2.24 bits per heavy atom. The van der Waals surface area contributed by atoms with E-state index in [-0.39, 0.29) is 5.75 Å². The molecule has 6 nitrogen and oxygen atoms in total. The van der Waals surface area contributed by atoms with Crippen LogP contribution in [0.1, 0.15) is 12.8 Å². The molecule has 0 aromatic heterocycles. The number of sulfonamides is 1. The summed E-state index contributed by atoms with van der Waals surface area (Å²) in [6, 6.07) is 0.465. The number of hydrogen-bond acceptors (Lipinski definition) is 5.